The molecule has 1 aromatic heterocycles. The molecule has 0 amide bonds. The number of rotatable bonds is 3. The number of nitrogens with two attached hydrogens (primary N) is 1. The third kappa shape index (κ3) is 2.49. The van der Waals surface area contributed by atoms with Crippen molar-refractivity contribution in [3.63, 3.8) is 0 Å². The molecule has 2 rings (SSSR count). The van der Waals surface area contributed by atoms with Gasteiger partial charge in [0.05, 0.1) is 31.2 Å². The highest BCUT2D eigenvalue weighted by Gasteiger charge is 2.11. The molecule has 19 heavy (non-hydrogen) atoms. The fourth-order valence-corrected chi connectivity index (χ4v) is 1.78. The molecule has 0 fully saturated rings. The number of hydrogen-bond donors (Lipinski definition) is 1. The van der Waals surface area contributed by atoms with Crippen molar-refractivity contribution in [3.05, 3.63) is 42.1 Å². The van der Waals surface area contributed by atoms with E-state index in [0.29, 0.717) is 22.7 Å². The zero-order valence-electron chi connectivity index (χ0n) is 10.7. The maximum Gasteiger partial charge on any atom is 0.339 e. The average Bonchev–Trinajstić information content (AvgIpc) is 2.46. The van der Waals surface area contributed by atoms with Gasteiger partial charge in [-0.2, -0.15) is 0 Å². The summed E-state index contributed by atoms with van der Waals surface area (Å²) in [6.07, 6.45) is 1.46. The van der Waals surface area contributed by atoms with Crippen molar-refractivity contribution < 1.29 is 14.3 Å². The van der Waals surface area contributed by atoms with E-state index in [0.717, 1.165) is 5.56 Å². The van der Waals surface area contributed by atoms with Gasteiger partial charge in [-0.1, -0.05) is 6.07 Å². The van der Waals surface area contributed by atoms with Gasteiger partial charge in [0.15, 0.2) is 5.75 Å². The van der Waals surface area contributed by atoms with Crippen molar-refractivity contribution in [1.82, 2.24) is 4.98 Å². The summed E-state index contributed by atoms with van der Waals surface area (Å²) in [6.45, 7) is 0. The second-order valence-corrected chi connectivity index (χ2v) is 3.85. The Balaban J connectivity index is 2.43. The Kier molecular flexibility index (Phi) is 3.66. The molecular formula is C14H14N2O3. The number of hydrogen-bond acceptors (Lipinski definition) is 5. The van der Waals surface area contributed by atoms with Crippen LogP contribution in [0.4, 0.5) is 5.69 Å². The topological polar surface area (TPSA) is 74.4 Å². The van der Waals surface area contributed by atoms with E-state index < -0.39 is 5.97 Å². The molecule has 5 heteroatoms. The Morgan fingerprint density at radius 3 is 2.58 bits per heavy atom. The lowest BCUT2D eigenvalue weighted by atomic mass is 10.1. The van der Waals surface area contributed by atoms with Crippen LogP contribution in [-0.2, 0) is 4.74 Å². The van der Waals surface area contributed by atoms with E-state index in [9.17, 15) is 4.79 Å². The van der Waals surface area contributed by atoms with Crippen LogP contribution in [0.25, 0.3) is 11.3 Å². The highest BCUT2D eigenvalue weighted by molar-refractivity contribution is 5.89. The molecule has 0 bridgehead atoms. The fourth-order valence-electron chi connectivity index (χ4n) is 1.78. The lowest BCUT2D eigenvalue weighted by Gasteiger charge is -2.10. The Labute approximate surface area is 111 Å². The third-order valence-electron chi connectivity index (χ3n) is 2.71. The molecule has 98 valence electrons. The van der Waals surface area contributed by atoms with Crippen molar-refractivity contribution in [2.24, 2.45) is 0 Å². The van der Waals surface area contributed by atoms with Crippen LogP contribution in [0.2, 0.25) is 0 Å². The molecule has 0 saturated carbocycles. The van der Waals surface area contributed by atoms with Gasteiger partial charge in [0, 0.05) is 11.8 Å². The molecule has 0 atom stereocenters. The number of esters is 1. The number of methoxy groups -OCH3 is 2. The molecule has 0 saturated heterocycles. The minimum atomic E-state index is -0.418. The van der Waals surface area contributed by atoms with Crippen molar-refractivity contribution in [3.8, 4) is 17.0 Å². The zero-order valence-corrected chi connectivity index (χ0v) is 10.7. The van der Waals surface area contributed by atoms with E-state index in [1.54, 1.807) is 25.3 Å². The lowest BCUT2D eigenvalue weighted by Crippen LogP contribution is -2.02. The van der Waals surface area contributed by atoms with Crippen LogP contribution in [0.1, 0.15) is 10.4 Å². The van der Waals surface area contributed by atoms with Crippen molar-refractivity contribution in [1.29, 1.82) is 0 Å². The summed E-state index contributed by atoms with van der Waals surface area (Å²) in [4.78, 5) is 15.6. The van der Waals surface area contributed by atoms with Gasteiger partial charge < -0.3 is 15.2 Å². The van der Waals surface area contributed by atoms with Crippen LogP contribution in [0, 0.1) is 0 Å². The highest BCUT2D eigenvalue weighted by Crippen LogP contribution is 2.33. The number of benzene rings is 1. The molecule has 2 N–H and O–H groups in total. The largest absolute Gasteiger partial charge is 0.494 e. The predicted octanol–water partition coefficient (Wildman–Crippen LogP) is 2.13. The third-order valence-corrected chi connectivity index (χ3v) is 2.71. The number of anilines is 1. The zero-order chi connectivity index (χ0) is 13.8. The molecule has 5 nitrogen and oxygen atoms in total. The number of aromatic nitrogens is 1. The van der Waals surface area contributed by atoms with Crippen molar-refractivity contribution in [2.75, 3.05) is 20.0 Å². The van der Waals surface area contributed by atoms with Crippen LogP contribution in [0.5, 0.6) is 5.75 Å². The van der Waals surface area contributed by atoms with Crippen molar-refractivity contribution in [2.45, 2.75) is 0 Å². The average molecular weight is 258 g/mol. The molecule has 1 heterocycles. The first kappa shape index (κ1) is 12.9. The monoisotopic (exact) mass is 258 g/mol. The normalized spacial score (nSPS) is 10.0. The second-order valence-electron chi connectivity index (χ2n) is 3.85. The van der Waals surface area contributed by atoms with Crippen LogP contribution < -0.4 is 10.5 Å². The van der Waals surface area contributed by atoms with Crippen LogP contribution >= 0.6 is 0 Å². The van der Waals surface area contributed by atoms with E-state index in [1.165, 1.54) is 13.3 Å². The number of pyridine rings is 1. The molecular weight excluding hydrogens is 244 g/mol. The Morgan fingerprint density at radius 2 is 2.00 bits per heavy atom. The van der Waals surface area contributed by atoms with Gasteiger partial charge in [-0.05, 0) is 24.3 Å². The molecule has 0 aliphatic rings. The maximum atomic E-state index is 11.3. The number of ether oxygens (including phenoxy) is 2. The van der Waals surface area contributed by atoms with Gasteiger partial charge in [-0.3, -0.25) is 4.98 Å². The molecule has 1 aromatic carbocycles. The first-order chi connectivity index (χ1) is 9.17. The highest BCUT2D eigenvalue weighted by atomic mass is 16.5. The Bertz CT molecular complexity index is 594. The van der Waals surface area contributed by atoms with Crippen molar-refractivity contribution >= 4 is 11.7 Å². The van der Waals surface area contributed by atoms with Gasteiger partial charge in [-0.15, -0.1) is 0 Å². The fraction of sp³-hybridized carbons (Fsp3) is 0.143. The number of carbonyl (C=O) groups excluding carboxylic acids is 1. The maximum absolute atomic E-state index is 11.3. The van der Waals surface area contributed by atoms with E-state index in [2.05, 4.69) is 9.72 Å². The van der Waals surface area contributed by atoms with Crippen LogP contribution in [0.3, 0.4) is 0 Å². The number of nitrogen functional groups attached to an aromatic ring is 1. The van der Waals surface area contributed by atoms with Gasteiger partial charge in [-0.25, -0.2) is 4.79 Å². The van der Waals surface area contributed by atoms with Crippen LogP contribution in [0.15, 0.2) is 36.5 Å². The summed E-state index contributed by atoms with van der Waals surface area (Å²) >= 11 is 0. The van der Waals surface area contributed by atoms with Gasteiger partial charge in [0.2, 0.25) is 0 Å². The molecule has 0 aliphatic heterocycles. The lowest BCUT2D eigenvalue weighted by molar-refractivity contribution is 0.0600. The van der Waals surface area contributed by atoms with Crippen LogP contribution in [-0.4, -0.2) is 25.2 Å². The summed E-state index contributed by atoms with van der Waals surface area (Å²) in [5.41, 5.74) is 8.23. The SMILES string of the molecule is COC(=O)c1ccc(-c2cccc(N)c2OC)nc1. The molecule has 0 spiro atoms. The van der Waals surface area contributed by atoms with E-state index in [-0.39, 0.29) is 0 Å². The van der Waals surface area contributed by atoms with Gasteiger partial charge in [0.25, 0.3) is 0 Å². The summed E-state index contributed by atoms with van der Waals surface area (Å²) < 4.78 is 9.89. The van der Waals surface area contributed by atoms with Gasteiger partial charge in [0.1, 0.15) is 0 Å². The second kappa shape index (κ2) is 5.39. The van der Waals surface area contributed by atoms with E-state index in [4.69, 9.17) is 10.5 Å². The number of nitrogens with zero attached hydrogens (tertiary/aromatic N) is 1. The molecule has 0 aliphatic carbocycles. The van der Waals surface area contributed by atoms with E-state index >= 15 is 0 Å². The van der Waals surface area contributed by atoms with E-state index in [1.807, 2.05) is 12.1 Å². The molecule has 0 unspecified atom stereocenters. The molecule has 2 aromatic rings. The first-order valence-corrected chi connectivity index (χ1v) is 5.64. The summed E-state index contributed by atoms with van der Waals surface area (Å²) in [6, 6.07) is 8.81. The number of para-hydroxylation sites is 1. The minimum absolute atomic E-state index is 0.397. The number of carbonyl (C=O) groups is 1. The first-order valence-electron chi connectivity index (χ1n) is 5.64. The standard InChI is InChI=1S/C14H14N2O3/c1-18-13-10(4-3-5-11(13)15)12-7-6-9(8-16-12)14(17)19-2/h3-8H,15H2,1-2H3. The minimum Gasteiger partial charge on any atom is -0.494 e. The van der Waals surface area contributed by atoms with Gasteiger partial charge >= 0.3 is 5.97 Å². The summed E-state index contributed by atoms with van der Waals surface area (Å²) in [5, 5.41) is 0. The summed E-state index contributed by atoms with van der Waals surface area (Å²) in [7, 11) is 2.88. The molecule has 0 radical (unpaired) electrons. The smallest absolute Gasteiger partial charge is 0.339 e. The summed E-state index contributed by atoms with van der Waals surface area (Å²) in [5.74, 6) is 0.152. The quantitative estimate of drug-likeness (QED) is 0.674. The Hall–Kier alpha value is -2.56. The predicted molar refractivity (Wildman–Crippen MR) is 72.0 cm³/mol. The Morgan fingerprint density at radius 1 is 1.21 bits per heavy atom.